The first-order chi connectivity index (χ1) is 9.47. The lowest BCUT2D eigenvalue weighted by Gasteiger charge is -2.32. The van der Waals surface area contributed by atoms with Crippen molar-refractivity contribution in [1.29, 1.82) is 0 Å². The summed E-state index contributed by atoms with van der Waals surface area (Å²) in [6.45, 7) is 1.39. The van der Waals surface area contributed by atoms with Crippen molar-refractivity contribution in [2.75, 3.05) is 19.6 Å². The zero-order valence-corrected chi connectivity index (χ0v) is 11.2. The number of carbonyl (C=O) groups is 1. The summed E-state index contributed by atoms with van der Waals surface area (Å²) in [5.74, 6) is -1.13. The highest BCUT2D eigenvalue weighted by Gasteiger charge is 2.40. The van der Waals surface area contributed by atoms with Crippen LogP contribution in [0.3, 0.4) is 0 Å². The highest BCUT2D eigenvalue weighted by Crippen LogP contribution is 2.34. The molecule has 1 fully saturated rings. The molecule has 1 heterocycles. The van der Waals surface area contributed by atoms with Crippen molar-refractivity contribution < 1.29 is 18.0 Å². The number of benzene rings is 1. The Morgan fingerprint density at radius 3 is 2.30 bits per heavy atom. The van der Waals surface area contributed by atoms with Crippen LogP contribution in [-0.2, 0) is 0 Å². The number of alkyl halides is 3. The lowest BCUT2D eigenvalue weighted by molar-refractivity contribution is -0.185. The molecule has 0 aliphatic carbocycles. The van der Waals surface area contributed by atoms with E-state index in [-0.39, 0.29) is 18.6 Å². The predicted octanol–water partition coefficient (Wildman–Crippen LogP) is 3.53. The van der Waals surface area contributed by atoms with E-state index in [9.17, 15) is 18.0 Å². The second-order valence-corrected chi connectivity index (χ2v) is 5.20. The van der Waals surface area contributed by atoms with Gasteiger partial charge in [-0.1, -0.05) is 30.3 Å². The Kier molecular flexibility index (Phi) is 4.81. The minimum atomic E-state index is -4.08. The molecule has 0 atom stereocenters. The third-order valence-electron chi connectivity index (χ3n) is 3.80. The molecule has 0 spiro atoms. The van der Waals surface area contributed by atoms with Crippen LogP contribution in [0.4, 0.5) is 13.2 Å². The van der Waals surface area contributed by atoms with Crippen LogP contribution in [-0.4, -0.2) is 36.5 Å². The topological polar surface area (TPSA) is 20.3 Å². The predicted molar refractivity (Wildman–Crippen MR) is 70.6 cm³/mol. The van der Waals surface area contributed by atoms with E-state index in [1.807, 2.05) is 23.1 Å². The normalized spacial score (nSPS) is 18.1. The number of piperidine rings is 1. The van der Waals surface area contributed by atoms with E-state index in [0.717, 1.165) is 0 Å². The van der Waals surface area contributed by atoms with Crippen molar-refractivity contribution in [1.82, 2.24) is 4.90 Å². The van der Waals surface area contributed by atoms with Gasteiger partial charge in [0.2, 0.25) is 0 Å². The van der Waals surface area contributed by atoms with Gasteiger partial charge in [0.25, 0.3) is 0 Å². The Balaban J connectivity index is 1.75. The summed E-state index contributed by atoms with van der Waals surface area (Å²) in [5, 5.41) is 0. The molecule has 0 N–H and O–H groups in total. The molecule has 0 unspecified atom stereocenters. The third-order valence-corrected chi connectivity index (χ3v) is 3.80. The molecule has 1 aliphatic rings. The van der Waals surface area contributed by atoms with E-state index in [2.05, 4.69) is 0 Å². The molecule has 0 aromatic heterocycles. The third kappa shape index (κ3) is 4.07. The van der Waals surface area contributed by atoms with Crippen molar-refractivity contribution in [3.05, 3.63) is 35.9 Å². The Morgan fingerprint density at radius 1 is 1.15 bits per heavy atom. The molecule has 1 aromatic carbocycles. The van der Waals surface area contributed by atoms with Crippen LogP contribution in [0.1, 0.15) is 29.6 Å². The number of rotatable bonds is 4. The van der Waals surface area contributed by atoms with Gasteiger partial charge >= 0.3 is 6.18 Å². The van der Waals surface area contributed by atoms with Crippen LogP contribution < -0.4 is 0 Å². The molecule has 1 saturated heterocycles. The van der Waals surface area contributed by atoms with Gasteiger partial charge in [-0.05, 0) is 25.9 Å². The van der Waals surface area contributed by atoms with Crippen molar-refractivity contribution >= 4 is 5.78 Å². The molecule has 110 valence electrons. The minimum Gasteiger partial charge on any atom is -0.303 e. The SMILES string of the molecule is O=C(CCN1CCC(C(F)(F)F)CC1)c1ccccc1. The first kappa shape index (κ1) is 15.0. The van der Waals surface area contributed by atoms with Crippen LogP contribution in [0.5, 0.6) is 0 Å². The highest BCUT2D eigenvalue weighted by molar-refractivity contribution is 5.96. The van der Waals surface area contributed by atoms with Gasteiger partial charge in [-0.15, -0.1) is 0 Å². The summed E-state index contributed by atoms with van der Waals surface area (Å²) in [5.41, 5.74) is 0.665. The Labute approximate surface area is 116 Å². The average Bonchev–Trinajstić information content (AvgIpc) is 2.45. The molecule has 0 saturated carbocycles. The van der Waals surface area contributed by atoms with E-state index in [0.29, 0.717) is 31.6 Å². The Bertz CT molecular complexity index is 436. The summed E-state index contributed by atoms with van der Waals surface area (Å²) in [4.78, 5) is 13.9. The maximum Gasteiger partial charge on any atom is 0.391 e. The quantitative estimate of drug-likeness (QED) is 0.789. The van der Waals surface area contributed by atoms with Crippen LogP contribution in [0.15, 0.2) is 30.3 Å². The molecule has 20 heavy (non-hydrogen) atoms. The second-order valence-electron chi connectivity index (χ2n) is 5.20. The van der Waals surface area contributed by atoms with Crippen LogP contribution in [0, 0.1) is 5.92 Å². The van der Waals surface area contributed by atoms with Crippen LogP contribution in [0.25, 0.3) is 0 Å². The summed E-state index contributed by atoms with van der Waals surface area (Å²) in [6, 6.07) is 8.99. The van der Waals surface area contributed by atoms with Gasteiger partial charge in [0.05, 0.1) is 5.92 Å². The summed E-state index contributed by atoms with van der Waals surface area (Å²) in [7, 11) is 0. The van der Waals surface area contributed by atoms with E-state index < -0.39 is 12.1 Å². The molecule has 0 radical (unpaired) electrons. The summed E-state index contributed by atoms with van der Waals surface area (Å²) < 4.78 is 37.6. The van der Waals surface area contributed by atoms with E-state index in [1.54, 1.807) is 12.1 Å². The number of hydrogen-bond acceptors (Lipinski definition) is 2. The Hall–Kier alpha value is -1.36. The molecule has 2 nitrogen and oxygen atoms in total. The molecule has 2 rings (SSSR count). The monoisotopic (exact) mass is 285 g/mol. The summed E-state index contributed by atoms with van der Waals surface area (Å²) in [6.07, 6.45) is -3.43. The average molecular weight is 285 g/mol. The zero-order chi connectivity index (χ0) is 14.6. The van der Waals surface area contributed by atoms with Gasteiger partial charge < -0.3 is 4.90 Å². The molecule has 0 amide bonds. The van der Waals surface area contributed by atoms with Gasteiger partial charge in [-0.3, -0.25) is 4.79 Å². The van der Waals surface area contributed by atoms with Crippen molar-refractivity contribution in [2.24, 2.45) is 5.92 Å². The number of hydrogen-bond donors (Lipinski definition) is 0. The van der Waals surface area contributed by atoms with Crippen molar-refractivity contribution in [3.8, 4) is 0 Å². The van der Waals surface area contributed by atoms with Crippen molar-refractivity contribution in [2.45, 2.75) is 25.4 Å². The number of likely N-dealkylation sites (tertiary alicyclic amines) is 1. The van der Waals surface area contributed by atoms with E-state index in [1.165, 1.54) is 0 Å². The number of halogens is 3. The first-order valence-electron chi connectivity index (χ1n) is 6.84. The fourth-order valence-electron chi connectivity index (χ4n) is 2.51. The number of nitrogens with zero attached hydrogens (tertiary/aromatic N) is 1. The fourth-order valence-corrected chi connectivity index (χ4v) is 2.51. The highest BCUT2D eigenvalue weighted by atomic mass is 19.4. The van der Waals surface area contributed by atoms with Crippen LogP contribution >= 0.6 is 0 Å². The largest absolute Gasteiger partial charge is 0.391 e. The first-order valence-corrected chi connectivity index (χ1v) is 6.84. The van der Waals surface area contributed by atoms with Gasteiger partial charge in [0, 0.05) is 18.5 Å². The number of Topliss-reactive ketones (excluding diaryl/α,β-unsaturated/α-hetero) is 1. The zero-order valence-electron chi connectivity index (χ0n) is 11.2. The van der Waals surface area contributed by atoms with Crippen molar-refractivity contribution in [3.63, 3.8) is 0 Å². The van der Waals surface area contributed by atoms with Gasteiger partial charge in [-0.25, -0.2) is 0 Å². The second kappa shape index (κ2) is 6.39. The van der Waals surface area contributed by atoms with Gasteiger partial charge in [-0.2, -0.15) is 13.2 Å². The molecule has 5 heteroatoms. The molecule has 0 bridgehead atoms. The summed E-state index contributed by atoms with van der Waals surface area (Å²) >= 11 is 0. The van der Waals surface area contributed by atoms with Gasteiger partial charge in [0.15, 0.2) is 5.78 Å². The Morgan fingerprint density at radius 2 is 1.75 bits per heavy atom. The molecule has 1 aromatic rings. The lowest BCUT2D eigenvalue weighted by atomic mass is 9.96. The van der Waals surface area contributed by atoms with E-state index >= 15 is 0 Å². The molecular weight excluding hydrogens is 267 g/mol. The smallest absolute Gasteiger partial charge is 0.303 e. The number of carbonyl (C=O) groups excluding carboxylic acids is 1. The lowest BCUT2D eigenvalue weighted by Crippen LogP contribution is -2.39. The van der Waals surface area contributed by atoms with E-state index in [4.69, 9.17) is 0 Å². The minimum absolute atomic E-state index is 0.0449. The maximum absolute atomic E-state index is 12.5. The maximum atomic E-state index is 12.5. The molecule has 1 aliphatic heterocycles. The standard InChI is InChI=1S/C15H18F3NO/c16-15(17,18)13-6-9-19(10-7-13)11-8-14(20)12-4-2-1-3-5-12/h1-5,13H,6-11H2. The number of ketones is 1. The van der Waals surface area contributed by atoms with Gasteiger partial charge in [0.1, 0.15) is 0 Å². The van der Waals surface area contributed by atoms with Crippen LogP contribution in [0.2, 0.25) is 0 Å². The fraction of sp³-hybridized carbons (Fsp3) is 0.533. The molecular formula is C15H18F3NO.